The standard InChI is InChI=1S/C20H21N3O4/c24-18-8-3-9-23(18)17-7-2-1-6-16(17)21-20(26)14-11-19(25)22(12-14)13-15-5-4-10-27-15/h1-2,4-7,10,14H,3,8-9,11-13H2,(H,21,26). The molecule has 1 N–H and O–H groups in total. The second-order valence-corrected chi connectivity index (χ2v) is 6.91. The zero-order valence-electron chi connectivity index (χ0n) is 14.9. The molecular weight excluding hydrogens is 346 g/mol. The summed E-state index contributed by atoms with van der Waals surface area (Å²) >= 11 is 0. The van der Waals surface area contributed by atoms with Gasteiger partial charge in [0.25, 0.3) is 0 Å². The van der Waals surface area contributed by atoms with Gasteiger partial charge in [0.2, 0.25) is 17.7 Å². The van der Waals surface area contributed by atoms with Crippen LogP contribution in [0.1, 0.15) is 25.0 Å². The van der Waals surface area contributed by atoms with Gasteiger partial charge >= 0.3 is 0 Å². The number of carbonyl (C=O) groups is 3. The molecule has 2 fully saturated rings. The molecule has 7 heteroatoms. The van der Waals surface area contributed by atoms with Crippen molar-refractivity contribution in [3.8, 4) is 0 Å². The third-order valence-corrected chi connectivity index (χ3v) is 5.04. The van der Waals surface area contributed by atoms with Crippen LogP contribution >= 0.6 is 0 Å². The lowest BCUT2D eigenvalue weighted by Gasteiger charge is -2.21. The average molecular weight is 367 g/mol. The molecule has 2 aromatic rings. The maximum atomic E-state index is 12.7. The average Bonchev–Trinajstić information content (AvgIpc) is 3.39. The van der Waals surface area contributed by atoms with Crippen LogP contribution in [0.25, 0.3) is 0 Å². The van der Waals surface area contributed by atoms with E-state index < -0.39 is 5.92 Å². The van der Waals surface area contributed by atoms with E-state index >= 15 is 0 Å². The molecule has 140 valence electrons. The first-order chi connectivity index (χ1) is 13.1. The normalized spacial score (nSPS) is 19.8. The van der Waals surface area contributed by atoms with E-state index in [-0.39, 0.29) is 24.1 Å². The van der Waals surface area contributed by atoms with E-state index in [0.717, 1.165) is 6.42 Å². The third kappa shape index (κ3) is 3.58. The molecule has 3 heterocycles. The number of rotatable bonds is 5. The predicted octanol–water partition coefficient (Wildman–Crippen LogP) is 2.39. The Morgan fingerprint density at radius 3 is 2.74 bits per heavy atom. The van der Waals surface area contributed by atoms with Crippen LogP contribution in [0.3, 0.4) is 0 Å². The van der Waals surface area contributed by atoms with Crippen LogP contribution in [0.2, 0.25) is 0 Å². The first-order valence-electron chi connectivity index (χ1n) is 9.12. The van der Waals surface area contributed by atoms with Gasteiger partial charge in [-0.05, 0) is 30.7 Å². The molecule has 0 radical (unpaired) electrons. The van der Waals surface area contributed by atoms with E-state index in [1.54, 1.807) is 28.2 Å². The van der Waals surface area contributed by atoms with Gasteiger partial charge in [-0.2, -0.15) is 0 Å². The molecule has 7 nitrogen and oxygen atoms in total. The minimum absolute atomic E-state index is 0.0606. The zero-order chi connectivity index (χ0) is 18.8. The number of amides is 3. The van der Waals surface area contributed by atoms with E-state index in [9.17, 15) is 14.4 Å². The van der Waals surface area contributed by atoms with Gasteiger partial charge in [0.1, 0.15) is 5.76 Å². The lowest BCUT2D eigenvalue weighted by molar-refractivity contribution is -0.128. The number of benzene rings is 1. The minimum Gasteiger partial charge on any atom is -0.467 e. The van der Waals surface area contributed by atoms with E-state index in [2.05, 4.69) is 5.32 Å². The number of likely N-dealkylation sites (tertiary alicyclic amines) is 1. The molecule has 1 aromatic carbocycles. The van der Waals surface area contributed by atoms with Gasteiger partial charge in [0.15, 0.2) is 0 Å². The Morgan fingerprint density at radius 2 is 2.00 bits per heavy atom. The number of para-hydroxylation sites is 2. The summed E-state index contributed by atoms with van der Waals surface area (Å²) in [6, 6.07) is 10.9. The number of hydrogen-bond acceptors (Lipinski definition) is 4. The zero-order valence-corrected chi connectivity index (χ0v) is 14.9. The molecule has 1 unspecified atom stereocenters. The molecule has 1 atom stereocenters. The lowest BCUT2D eigenvalue weighted by atomic mass is 10.1. The van der Waals surface area contributed by atoms with Crippen molar-refractivity contribution in [1.29, 1.82) is 0 Å². The lowest BCUT2D eigenvalue weighted by Crippen LogP contribution is -2.29. The van der Waals surface area contributed by atoms with E-state index in [0.29, 0.717) is 43.2 Å². The number of nitrogens with zero attached hydrogens (tertiary/aromatic N) is 2. The van der Waals surface area contributed by atoms with Gasteiger partial charge in [-0.3, -0.25) is 14.4 Å². The summed E-state index contributed by atoms with van der Waals surface area (Å²) in [5.41, 5.74) is 1.32. The largest absolute Gasteiger partial charge is 0.467 e. The highest BCUT2D eigenvalue weighted by molar-refractivity contribution is 6.03. The molecule has 4 rings (SSSR count). The fourth-order valence-electron chi connectivity index (χ4n) is 3.64. The van der Waals surface area contributed by atoms with Crippen LogP contribution in [0.4, 0.5) is 11.4 Å². The molecule has 0 aliphatic carbocycles. The molecule has 2 aliphatic rings. The van der Waals surface area contributed by atoms with Crippen LogP contribution in [0.5, 0.6) is 0 Å². The summed E-state index contributed by atoms with van der Waals surface area (Å²) in [5, 5.41) is 2.91. The smallest absolute Gasteiger partial charge is 0.229 e. The second-order valence-electron chi connectivity index (χ2n) is 6.91. The van der Waals surface area contributed by atoms with Gasteiger partial charge in [-0.1, -0.05) is 12.1 Å². The summed E-state index contributed by atoms with van der Waals surface area (Å²) in [6.45, 7) is 1.38. The number of hydrogen-bond donors (Lipinski definition) is 1. The van der Waals surface area contributed by atoms with Crippen molar-refractivity contribution in [3.05, 3.63) is 48.4 Å². The van der Waals surface area contributed by atoms with Gasteiger partial charge in [0, 0.05) is 25.9 Å². The van der Waals surface area contributed by atoms with Gasteiger partial charge in [-0.15, -0.1) is 0 Å². The SMILES string of the molecule is O=C(Nc1ccccc1N1CCCC1=O)C1CC(=O)N(Cc2ccco2)C1. The molecule has 0 spiro atoms. The Kier molecular flexibility index (Phi) is 4.66. The fraction of sp³-hybridized carbons (Fsp3) is 0.350. The number of carbonyl (C=O) groups excluding carboxylic acids is 3. The summed E-state index contributed by atoms with van der Waals surface area (Å²) < 4.78 is 5.29. The van der Waals surface area contributed by atoms with Crippen molar-refractivity contribution < 1.29 is 18.8 Å². The maximum absolute atomic E-state index is 12.7. The first-order valence-corrected chi connectivity index (χ1v) is 9.12. The Morgan fingerprint density at radius 1 is 1.15 bits per heavy atom. The van der Waals surface area contributed by atoms with Gasteiger partial charge in [0.05, 0.1) is 30.1 Å². The van der Waals surface area contributed by atoms with E-state index in [1.807, 2.05) is 24.3 Å². The Labute approximate surface area is 156 Å². The quantitative estimate of drug-likeness (QED) is 0.880. The van der Waals surface area contributed by atoms with E-state index in [1.165, 1.54) is 0 Å². The Hall–Kier alpha value is -3.09. The number of anilines is 2. The van der Waals surface area contributed by atoms with Crippen LogP contribution < -0.4 is 10.2 Å². The molecule has 0 saturated carbocycles. The number of nitrogens with one attached hydrogen (secondary N) is 1. The molecule has 1 aromatic heterocycles. The van der Waals surface area contributed by atoms with Crippen molar-refractivity contribution in [1.82, 2.24) is 4.90 Å². The van der Waals surface area contributed by atoms with Crippen LogP contribution in [-0.4, -0.2) is 35.7 Å². The van der Waals surface area contributed by atoms with Crippen molar-refractivity contribution in [2.24, 2.45) is 5.92 Å². The summed E-state index contributed by atoms with van der Waals surface area (Å²) in [4.78, 5) is 40.4. The molecule has 0 bridgehead atoms. The molecule has 27 heavy (non-hydrogen) atoms. The second kappa shape index (κ2) is 7.26. The Bertz CT molecular complexity index is 862. The van der Waals surface area contributed by atoms with Crippen molar-refractivity contribution in [2.45, 2.75) is 25.8 Å². The van der Waals surface area contributed by atoms with Crippen LogP contribution in [-0.2, 0) is 20.9 Å². The Balaban J connectivity index is 1.44. The highest BCUT2D eigenvalue weighted by Gasteiger charge is 2.35. The first kappa shape index (κ1) is 17.3. The van der Waals surface area contributed by atoms with Crippen LogP contribution in [0.15, 0.2) is 47.1 Å². The van der Waals surface area contributed by atoms with Gasteiger partial charge < -0.3 is 19.5 Å². The van der Waals surface area contributed by atoms with Crippen molar-refractivity contribution in [3.63, 3.8) is 0 Å². The van der Waals surface area contributed by atoms with Crippen LogP contribution in [0, 0.1) is 5.92 Å². The molecule has 3 amide bonds. The topological polar surface area (TPSA) is 82.9 Å². The molecular formula is C20H21N3O4. The van der Waals surface area contributed by atoms with E-state index in [4.69, 9.17) is 4.42 Å². The maximum Gasteiger partial charge on any atom is 0.229 e. The number of furan rings is 1. The van der Waals surface area contributed by atoms with Gasteiger partial charge in [-0.25, -0.2) is 0 Å². The van der Waals surface area contributed by atoms with Crippen molar-refractivity contribution >= 4 is 29.1 Å². The highest BCUT2D eigenvalue weighted by atomic mass is 16.3. The summed E-state index contributed by atoms with van der Waals surface area (Å²) in [6.07, 6.45) is 3.09. The minimum atomic E-state index is -0.421. The molecule has 2 saturated heterocycles. The fourth-order valence-corrected chi connectivity index (χ4v) is 3.64. The summed E-state index contributed by atoms with van der Waals surface area (Å²) in [5.74, 6) is 0.0772. The van der Waals surface area contributed by atoms with Crippen molar-refractivity contribution in [2.75, 3.05) is 23.3 Å². The third-order valence-electron chi connectivity index (χ3n) is 5.04. The highest BCUT2D eigenvalue weighted by Crippen LogP contribution is 2.30. The molecule has 2 aliphatic heterocycles. The summed E-state index contributed by atoms with van der Waals surface area (Å²) in [7, 11) is 0. The predicted molar refractivity (Wildman–Crippen MR) is 98.9 cm³/mol. The monoisotopic (exact) mass is 367 g/mol.